The number of hydrogen-bond acceptors (Lipinski definition) is 6. The highest BCUT2D eigenvalue weighted by molar-refractivity contribution is 7.91. The van der Waals surface area contributed by atoms with Crippen LogP contribution in [0.1, 0.15) is 20.3 Å². The Kier molecular flexibility index (Phi) is 4.65. The van der Waals surface area contributed by atoms with E-state index in [1.165, 1.54) is 4.31 Å². The highest BCUT2D eigenvalue weighted by Gasteiger charge is 2.28. The molecule has 7 nitrogen and oxygen atoms in total. The van der Waals surface area contributed by atoms with Crippen molar-refractivity contribution in [3.05, 3.63) is 16.2 Å². The number of sulfonamides is 1. The minimum absolute atomic E-state index is 0.0815. The van der Waals surface area contributed by atoms with Crippen molar-refractivity contribution in [2.45, 2.75) is 24.5 Å². The van der Waals surface area contributed by atoms with Crippen LogP contribution in [0.25, 0.3) is 0 Å². The Bertz CT molecular complexity index is 538. The summed E-state index contributed by atoms with van der Waals surface area (Å²) in [5.41, 5.74) is 5.09. The fourth-order valence-corrected chi connectivity index (χ4v) is 4.38. The topological polar surface area (TPSA) is 107 Å². The van der Waals surface area contributed by atoms with Crippen LogP contribution in [0.2, 0.25) is 0 Å². The number of rotatable bonds is 6. The number of anilines is 1. The van der Waals surface area contributed by atoms with Crippen molar-refractivity contribution in [3.8, 4) is 0 Å². The Labute approximate surface area is 109 Å². The molecule has 2 N–H and O–H groups in total. The van der Waals surface area contributed by atoms with Crippen molar-refractivity contribution in [1.82, 2.24) is 4.31 Å². The lowest BCUT2D eigenvalue weighted by Crippen LogP contribution is -2.31. The molecule has 0 aliphatic heterocycles. The van der Waals surface area contributed by atoms with E-state index in [1.54, 1.807) is 6.92 Å². The molecule has 1 heterocycles. The summed E-state index contributed by atoms with van der Waals surface area (Å²) in [5, 5.41) is 10.6. The fraction of sp³-hybridized carbons (Fsp3) is 0.556. The minimum atomic E-state index is -3.68. The van der Waals surface area contributed by atoms with Gasteiger partial charge in [-0.2, -0.15) is 4.31 Å². The van der Waals surface area contributed by atoms with E-state index in [-0.39, 0.29) is 14.9 Å². The summed E-state index contributed by atoms with van der Waals surface area (Å²) >= 11 is 0.726. The van der Waals surface area contributed by atoms with Gasteiger partial charge >= 0.3 is 5.69 Å². The number of nitrogen functional groups attached to an aromatic ring is 1. The minimum Gasteiger partial charge on any atom is -0.385 e. The van der Waals surface area contributed by atoms with Gasteiger partial charge in [0.2, 0.25) is 0 Å². The molecule has 0 atom stereocenters. The second-order valence-corrected chi connectivity index (χ2v) is 6.82. The molecular formula is C9H15N3O4S2. The maximum atomic E-state index is 12.2. The van der Waals surface area contributed by atoms with Crippen molar-refractivity contribution in [2.24, 2.45) is 0 Å². The average Bonchev–Trinajstić information content (AvgIpc) is 2.68. The average molecular weight is 293 g/mol. The molecule has 0 aromatic carbocycles. The Balaban J connectivity index is 3.20. The second kappa shape index (κ2) is 5.63. The number of nitrogens with zero attached hydrogens (tertiary/aromatic N) is 2. The Morgan fingerprint density at radius 2 is 2.11 bits per heavy atom. The standard InChI is InChI=1S/C9H15N3O4S2/c1-3-5-11(4-2)18(15,16)8-6-7(12(13)14)9(10)17-8/h6H,3-5,10H2,1-2H3. The lowest BCUT2D eigenvalue weighted by Gasteiger charge is -2.18. The maximum Gasteiger partial charge on any atom is 0.304 e. The monoisotopic (exact) mass is 293 g/mol. The van der Waals surface area contributed by atoms with Crippen LogP contribution in [-0.4, -0.2) is 30.7 Å². The van der Waals surface area contributed by atoms with Crippen LogP contribution >= 0.6 is 11.3 Å². The van der Waals surface area contributed by atoms with Crippen LogP contribution in [0, 0.1) is 10.1 Å². The first kappa shape index (κ1) is 14.9. The molecule has 0 aliphatic rings. The van der Waals surface area contributed by atoms with Crippen LogP contribution in [0.5, 0.6) is 0 Å². The molecule has 0 radical (unpaired) electrons. The molecule has 0 amide bonds. The van der Waals surface area contributed by atoms with Gasteiger partial charge in [0.15, 0.2) is 5.00 Å². The molecule has 18 heavy (non-hydrogen) atoms. The van der Waals surface area contributed by atoms with Gasteiger partial charge in [-0.05, 0) is 6.42 Å². The van der Waals surface area contributed by atoms with E-state index in [0.29, 0.717) is 19.5 Å². The number of nitro groups is 1. The predicted octanol–water partition coefficient (Wildman–Crippen LogP) is 1.66. The molecule has 0 fully saturated rings. The zero-order valence-electron chi connectivity index (χ0n) is 10.1. The number of hydrogen-bond donors (Lipinski definition) is 1. The summed E-state index contributed by atoms with van der Waals surface area (Å²) in [5.74, 6) is 0. The van der Waals surface area contributed by atoms with Crippen LogP contribution in [0.3, 0.4) is 0 Å². The first-order chi connectivity index (χ1) is 8.34. The van der Waals surface area contributed by atoms with Gasteiger partial charge in [-0.3, -0.25) is 10.1 Å². The van der Waals surface area contributed by atoms with Crippen LogP contribution in [0.15, 0.2) is 10.3 Å². The molecule has 1 aromatic rings. The zero-order chi connectivity index (χ0) is 13.9. The van der Waals surface area contributed by atoms with Crippen molar-refractivity contribution in [2.75, 3.05) is 18.8 Å². The van der Waals surface area contributed by atoms with Gasteiger partial charge in [0.25, 0.3) is 10.0 Å². The smallest absolute Gasteiger partial charge is 0.304 e. The zero-order valence-corrected chi connectivity index (χ0v) is 11.8. The third-order valence-electron chi connectivity index (χ3n) is 2.33. The molecule has 9 heteroatoms. The van der Waals surface area contributed by atoms with Gasteiger partial charge in [0, 0.05) is 19.2 Å². The number of thiophene rings is 1. The van der Waals surface area contributed by atoms with Crippen LogP contribution in [0.4, 0.5) is 10.7 Å². The third-order valence-corrected chi connectivity index (χ3v) is 5.71. The molecule has 0 unspecified atom stereocenters. The molecule has 0 spiro atoms. The van der Waals surface area contributed by atoms with Crippen molar-refractivity contribution >= 4 is 32.0 Å². The second-order valence-electron chi connectivity index (χ2n) is 3.57. The van der Waals surface area contributed by atoms with Crippen molar-refractivity contribution in [1.29, 1.82) is 0 Å². The van der Waals surface area contributed by atoms with Gasteiger partial charge in [0.1, 0.15) is 4.21 Å². The van der Waals surface area contributed by atoms with E-state index in [2.05, 4.69) is 0 Å². The first-order valence-corrected chi connectivity index (χ1v) is 7.64. The maximum absolute atomic E-state index is 12.2. The molecule has 1 aromatic heterocycles. The molecule has 0 saturated heterocycles. The highest BCUT2D eigenvalue weighted by atomic mass is 32.2. The molecule has 0 saturated carbocycles. The predicted molar refractivity (Wildman–Crippen MR) is 70.1 cm³/mol. The van der Waals surface area contributed by atoms with E-state index in [4.69, 9.17) is 5.73 Å². The van der Waals surface area contributed by atoms with Gasteiger partial charge in [-0.25, -0.2) is 8.42 Å². The summed E-state index contributed by atoms with van der Waals surface area (Å²) < 4.78 is 25.6. The van der Waals surface area contributed by atoms with Crippen molar-refractivity contribution in [3.63, 3.8) is 0 Å². The summed E-state index contributed by atoms with van der Waals surface area (Å²) in [7, 11) is -3.68. The lowest BCUT2D eigenvalue weighted by molar-refractivity contribution is -0.383. The number of nitrogens with two attached hydrogens (primary N) is 1. The van der Waals surface area contributed by atoms with E-state index in [0.717, 1.165) is 17.4 Å². The summed E-state index contributed by atoms with van der Waals surface area (Å²) in [4.78, 5) is 9.97. The van der Waals surface area contributed by atoms with E-state index >= 15 is 0 Å². The van der Waals surface area contributed by atoms with Gasteiger partial charge in [-0.1, -0.05) is 25.2 Å². The third kappa shape index (κ3) is 2.79. The summed E-state index contributed by atoms with van der Waals surface area (Å²) in [6, 6.07) is 1.02. The summed E-state index contributed by atoms with van der Waals surface area (Å²) in [6.45, 7) is 4.29. The highest BCUT2D eigenvalue weighted by Crippen LogP contribution is 2.35. The van der Waals surface area contributed by atoms with E-state index in [1.807, 2.05) is 6.92 Å². The fourth-order valence-electron chi connectivity index (χ4n) is 1.47. The SMILES string of the molecule is CCCN(CC)S(=O)(=O)c1cc([N+](=O)[O-])c(N)s1. The molecular weight excluding hydrogens is 278 g/mol. The Hall–Kier alpha value is -1.19. The quantitative estimate of drug-likeness (QED) is 0.634. The summed E-state index contributed by atoms with van der Waals surface area (Å²) in [6.07, 6.45) is 0.677. The Morgan fingerprint density at radius 3 is 2.50 bits per heavy atom. The lowest BCUT2D eigenvalue weighted by atomic mass is 10.5. The Morgan fingerprint density at radius 1 is 1.50 bits per heavy atom. The van der Waals surface area contributed by atoms with Gasteiger partial charge in [-0.15, -0.1) is 0 Å². The van der Waals surface area contributed by atoms with Crippen LogP contribution in [-0.2, 0) is 10.0 Å². The molecule has 0 aliphatic carbocycles. The first-order valence-electron chi connectivity index (χ1n) is 5.38. The van der Waals surface area contributed by atoms with Gasteiger partial charge < -0.3 is 5.73 Å². The van der Waals surface area contributed by atoms with Gasteiger partial charge in [0.05, 0.1) is 4.92 Å². The van der Waals surface area contributed by atoms with E-state index < -0.39 is 14.9 Å². The largest absolute Gasteiger partial charge is 0.385 e. The normalized spacial score (nSPS) is 11.9. The molecule has 0 bridgehead atoms. The molecule has 1 rings (SSSR count). The van der Waals surface area contributed by atoms with Crippen LogP contribution < -0.4 is 5.73 Å². The van der Waals surface area contributed by atoms with E-state index in [9.17, 15) is 18.5 Å². The molecule has 102 valence electrons. The van der Waals surface area contributed by atoms with Crippen molar-refractivity contribution < 1.29 is 13.3 Å².